The van der Waals surface area contributed by atoms with Crippen LogP contribution in [0.4, 0.5) is 5.69 Å². The molecule has 2 N–H and O–H groups in total. The van der Waals surface area contributed by atoms with Crippen molar-refractivity contribution in [1.29, 1.82) is 0 Å². The van der Waals surface area contributed by atoms with Crippen molar-refractivity contribution in [3.05, 3.63) is 63.6 Å². The normalized spacial score (nSPS) is 10.2. The summed E-state index contributed by atoms with van der Waals surface area (Å²) in [4.78, 5) is 12.2. The molecular formula is C14H12BrNO. The third-order valence-corrected chi connectivity index (χ3v) is 3.07. The van der Waals surface area contributed by atoms with E-state index in [2.05, 4.69) is 15.9 Å². The lowest BCUT2D eigenvalue weighted by Gasteiger charge is -2.05. The van der Waals surface area contributed by atoms with Gasteiger partial charge in [0.15, 0.2) is 5.78 Å². The lowest BCUT2D eigenvalue weighted by Crippen LogP contribution is -2.05. The monoisotopic (exact) mass is 289 g/mol. The molecular weight excluding hydrogens is 278 g/mol. The number of halogens is 1. The van der Waals surface area contributed by atoms with Gasteiger partial charge in [0.05, 0.1) is 0 Å². The number of hydrogen-bond acceptors (Lipinski definition) is 2. The van der Waals surface area contributed by atoms with Crippen LogP contribution in [0.5, 0.6) is 0 Å². The third-order valence-electron chi connectivity index (χ3n) is 2.57. The largest absolute Gasteiger partial charge is 0.398 e. The summed E-state index contributed by atoms with van der Waals surface area (Å²) in [6, 6.07) is 12.8. The summed E-state index contributed by atoms with van der Waals surface area (Å²) in [6.45, 7) is 1.99. The molecule has 0 saturated carbocycles. The van der Waals surface area contributed by atoms with Crippen LogP contribution < -0.4 is 5.73 Å². The van der Waals surface area contributed by atoms with Gasteiger partial charge < -0.3 is 5.73 Å². The minimum absolute atomic E-state index is 0.0463. The van der Waals surface area contributed by atoms with E-state index in [4.69, 9.17) is 5.73 Å². The van der Waals surface area contributed by atoms with Gasteiger partial charge in [-0.2, -0.15) is 0 Å². The van der Waals surface area contributed by atoms with Gasteiger partial charge in [-0.3, -0.25) is 4.79 Å². The molecule has 0 aliphatic carbocycles. The van der Waals surface area contributed by atoms with Crippen LogP contribution in [0, 0.1) is 6.92 Å². The highest BCUT2D eigenvalue weighted by atomic mass is 79.9. The van der Waals surface area contributed by atoms with E-state index in [9.17, 15) is 4.79 Å². The van der Waals surface area contributed by atoms with Gasteiger partial charge in [-0.25, -0.2) is 0 Å². The SMILES string of the molecule is Cc1ccc(C(=O)c2ccc(Br)cc2N)cc1. The molecule has 2 aromatic rings. The molecule has 0 atom stereocenters. The standard InChI is InChI=1S/C14H12BrNO/c1-9-2-4-10(5-3-9)14(17)12-7-6-11(15)8-13(12)16/h2-8H,16H2,1H3. The maximum Gasteiger partial charge on any atom is 0.195 e. The Balaban J connectivity index is 2.40. The fourth-order valence-corrected chi connectivity index (χ4v) is 1.98. The zero-order valence-corrected chi connectivity index (χ0v) is 11.0. The predicted octanol–water partition coefficient (Wildman–Crippen LogP) is 3.57. The molecule has 86 valence electrons. The topological polar surface area (TPSA) is 43.1 Å². The van der Waals surface area contributed by atoms with Crippen molar-refractivity contribution in [1.82, 2.24) is 0 Å². The van der Waals surface area contributed by atoms with Gasteiger partial charge in [-0.1, -0.05) is 45.8 Å². The van der Waals surface area contributed by atoms with E-state index in [-0.39, 0.29) is 5.78 Å². The average Bonchev–Trinajstić information content (AvgIpc) is 2.29. The molecule has 0 heterocycles. The Morgan fingerprint density at radius 1 is 1.12 bits per heavy atom. The molecule has 2 nitrogen and oxygen atoms in total. The lowest BCUT2D eigenvalue weighted by atomic mass is 10.0. The van der Waals surface area contributed by atoms with Crippen LogP contribution in [-0.2, 0) is 0 Å². The van der Waals surface area contributed by atoms with Crippen molar-refractivity contribution in [2.75, 3.05) is 5.73 Å². The number of hydrogen-bond donors (Lipinski definition) is 1. The summed E-state index contributed by atoms with van der Waals surface area (Å²) in [5.41, 5.74) is 8.66. The second-order valence-corrected chi connectivity index (χ2v) is 4.84. The van der Waals surface area contributed by atoms with Gasteiger partial charge in [0.2, 0.25) is 0 Å². The predicted molar refractivity (Wildman–Crippen MR) is 73.2 cm³/mol. The molecule has 2 rings (SSSR count). The highest BCUT2D eigenvalue weighted by Gasteiger charge is 2.11. The first-order chi connectivity index (χ1) is 8.08. The molecule has 0 aromatic heterocycles. The smallest absolute Gasteiger partial charge is 0.195 e. The van der Waals surface area contributed by atoms with E-state index in [1.165, 1.54) is 0 Å². The number of anilines is 1. The minimum Gasteiger partial charge on any atom is -0.398 e. The molecule has 0 unspecified atom stereocenters. The summed E-state index contributed by atoms with van der Waals surface area (Å²) in [5.74, 6) is -0.0463. The Kier molecular flexibility index (Phi) is 3.29. The highest BCUT2D eigenvalue weighted by molar-refractivity contribution is 9.10. The maximum absolute atomic E-state index is 12.2. The van der Waals surface area contributed by atoms with Gasteiger partial charge >= 0.3 is 0 Å². The fourth-order valence-electron chi connectivity index (χ4n) is 1.60. The van der Waals surface area contributed by atoms with Crippen molar-refractivity contribution in [3.8, 4) is 0 Å². The Morgan fingerprint density at radius 3 is 2.35 bits per heavy atom. The summed E-state index contributed by atoms with van der Waals surface area (Å²) >= 11 is 3.32. The van der Waals surface area contributed by atoms with E-state index in [1.54, 1.807) is 12.1 Å². The molecule has 0 radical (unpaired) electrons. The van der Waals surface area contributed by atoms with Crippen molar-refractivity contribution < 1.29 is 4.79 Å². The van der Waals surface area contributed by atoms with Gasteiger partial charge in [-0.05, 0) is 25.1 Å². The number of nitrogen functional groups attached to an aromatic ring is 1. The summed E-state index contributed by atoms with van der Waals surface area (Å²) in [7, 11) is 0. The van der Waals surface area contributed by atoms with E-state index < -0.39 is 0 Å². The summed E-state index contributed by atoms with van der Waals surface area (Å²) in [6.07, 6.45) is 0. The number of rotatable bonds is 2. The van der Waals surface area contributed by atoms with E-state index in [1.807, 2.05) is 37.3 Å². The number of carbonyl (C=O) groups excluding carboxylic acids is 1. The highest BCUT2D eigenvalue weighted by Crippen LogP contribution is 2.21. The zero-order valence-electron chi connectivity index (χ0n) is 9.41. The zero-order chi connectivity index (χ0) is 12.4. The minimum atomic E-state index is -0.0463. The molecule has 0 saturated heterocycles. The van der Waals surface area contributed by atoms with Crippen LogP contribution in [0.15, 0.2) is 46.9 Å². The molecule has 3 heteroatoms. The molecule has 0 aliphatic heterocycles. The first-order valence-corrected chi connectivity index (χ1v) is 6.03. The van der Waals surface area contributed by atoms with E-state index >= 15 is 0 Å². The van der Waals surface area contributed by atoms with Gasteiger partial charge in [0.1, 0.15) is 0 Å². The Hall–Kier alpha value is -1.61. The Morgan fingerprint density at radius 2 is 1.76 bits per heavy atom. The first kappa shape index (κ1) is 11.9. The summed E-state index contributed by atoms with van der Waals surface area (Å²) < 4.78 is 0.871. The fraction of sp³-hybridized carbons (Fsp3) is 0.0714. The molecule has 0 aliphatic rings. The van der Waals surface area contributed by atoms with Crippen LogP contribution in [-0.4, -0.2) is 5.78 Å². The maximum atomic E-state index is 12.2. The summed E-state index contributed by atoms with van der Waals surface area (Å²) in [5, 5.41) is 0. The van der Waals surface area contributed by atoms with Crippen molar-refractivity contribution in [2.24, 2.45) is 0 Å². The first-order valence-electron chi connectivity index (χ1n) is 5.24. The number of ketones is 1. The molecule has 0 fully saturated rings. The number of aryl methyl sites for hydroxylation is 1. The van der Waals surface area contributed by atoms with Gasteiger partial charge in [0.25, 0.3) is 0 Å². The molecule has 0 bridgehead atoms. The van der Waals surface area contributed by atoms with Crippen molar-refractivity contribution >= 4 is 27.4 Å². The second kappa shape index (κ2) is 4.72. The van der Waals surface area contributed by atoms with E-state index in [0.717, 1.165) is 10.0 Å². The van der Waals surface area contributed by atoms with Crippen LogP contribution >= 0.6 is 15.9 Å². The quantitative estimate of drug-likeness (QED) is 0.678. The lowest BCUT2D eigenvalue weighted by molar-refractivity contribution is 0.103. The Bertz CT molecular complexity index is 561. The average molecular weight is 290 g/mol. The van der Waals surface area contributed by atoms with Crippen LogP contribution in [0.3, 0.4) is 0 Å². The molecule has 17 heavy (non-hydrogen) atoms. The van der Waals surface area contributed by atoms with Gasteiger partial charge in [0, 0.05) is 21.3 Å². The third kappa shape index (κ3) is 2.56. The van der Waals surface area contributed by atoms with Crippen molar-refractivity contribution in [2.45, 2.75) is 6.92 Å². The van der Waals surface area contributed by atoms with E-state index in [0.29, 0.717) is 16.8 Å². The van der Waals surface area contributed by atoms with Crippen LogP contribution in [0.2, 0.25) is 0 Å². The van der Waals surface area contributed by atoms with Crippen LogP contribution in [0.1, 0.15) is 21.5 Å². The Labute approximate surface area is 109 Å². The number of nitrogens with two attached hydrogens (primary N) is 1. The molecule has 0 amide bonds. The van der Waals surface area contributed by atoms with Gasteiger partial charge in [-0.15, -0.1) is 0 Å². The number of carbonyl (C=O) groups is 1. The van der Waals surface area contributed by atoms with Crippen LogP contribution in [0.25, 0.3) is 0 Å². The molecule has 0 spiro atoms. The number of benzene rings is 2. The van der Waals surface area contributed by atoms with Crippen molar-refractivity contribution in [3.63, 3.8) is 0 Å². The molecule has 2 aromatic carbocycles. The second-order valence-electron chi connectivity index (χ2n) is 3.93.